The highest BCUT2D eigenvalue weighted by atomic mass is 32.2. The third-order valence-corrected chi connectivity index (χ3v) is 6.39. The zero-order chi connectivity index (χ0) is 15.9. The van der Waals surface area contributed by atoms with Gasteiger partial charge in [0.15, 0.2) is 0 Å². The minimum Gasteiger partial charge on any atom is -0.477 e. The van der Waals surface area contributed by atoms with Crippen molar-refractivity contribution in [2.24, 2.45) is 0 Å². The van der Waals surface area contributed by atoms with Gasteiger partial charge in [0.1, 0.15) is 9.77 Å². The highest BCUT2D eigenvalue weighted by molar-refractivity contribution is 7.93. The molecule has 6 nitrogen and oxygen atoms in total. The third-order valence-electron chi connectivity index (χ3n) is 3.09. The fourth-order valence-corrected chi connectivity index (χ4v) is 4.80. The van der Waals surface area contributed by atoms with Gasteiger partial charge in [0, 0.05) is 11.6 Å². The zero-order valence-electron chi connectivity index (χ0n) is 11.3. The number of hydrogen-bond donors (Lipinski definition) is 1. The van der Waals surface area contributed by atoms with Crippen molar-refractivity contribution < 1.29 is 18.3 Å². The maximum absolute atomic E-state index is 12.8. The van der Waals surface area contributed by atoms with Crippen LogP contribution in [0.3, 0.4) is 0 Å². The Bertz CT molecular complexity index is 988. The molecule has 0 aliphatic carbocycles. The van der Waals surface area contributed by atoms with Gasteiger partial charge in [-0.2, -0.15) is 0 Å². The van der Waals surface area contributed by atoms with Gasteiger partial charge < -0.3 is 5.11 Å². The lowest BCUT2D eigenvalue weighted by Crippen LogP contribution is -2.03. The monoisotopic (exact) mass is 334 g/mol. The van der Waals surface area contributed by atoms with Gasteiger partial charge in [-0.3, -0.25) is 4.98 Å². The molecule has 0 bridgehead atoms. The number of carboxylic acids is 1. The van der Waals surface area contributed by atoms with E-state index in [-0.39, 0.29) is 19.8 Å². The summed E-state index contributed by atoms with van der Waals surface area (Å²) >= 11 is 0.652. The van der Waals surface area contributed by atoms with Crippen LogP contribution in [0.1, 0.15) is 15.4 Å². The number of carbonyl (C=O) groups is 1. The number of aryl methyl sites for hydroxylation is 1. The van der Waals surface area contributed by atoms with Crippen LogP contribution in [-0.2, 0) is 9.84 Å². The highest BCUT2D eigenvalue weighted by Gasteiger charge is 2.27. The molecule has 0 saturated carbocycles. The average molecular weight is 334 g/mol. The summed E-state index contributed by atoms with van der Waals surface area (Å²) in [5.74, 6) is -1.19. The molecule has 0 atom stereocenters. The Labute approximate surface area is 130 Å². The molecule has 112 valence electrons. The van der Waals surface area contributed by atoms with Crippen molar-refractivity contribution in [3.8, 4) is 0 Å². The number of aromatic nitrogens is 2. The van der Waals surface area contributed by atoms with Gasteiger partial charge in [-0.15, -0.1) is 0 Å². The maximum Gasteiger partial charge on any atom is 0.347 e. The predicted molar refractivity (Wildman–Crippen MR) is 81.0 cm³/mol. The molecule has 8 heteroatoms. The smallest absolute Gasteiger partial charge is 0.347 e. The number of benzene rings is 1. The predicted octanol–water partition coefficient (Wildman–Crippen LogP) is 2.53. The summed E-state index contributed by atoms with van der Waals surface area (Å²) in [4.78, 5) is 19.0. The molecule has 3 rings (SSSR count). The highest BCUT2D eigenvalue weighted by Crippen LogP contribution is 2.30. The number of carboxylic acid groups (broad SMARTS) is 1. The molecule has 1 aromatic carbocycles. The largest absolute Gasteiger partial charge is 0.477 e. The van der Waals surface area contributed by atoms with E-state index in [0.29, 0.717) is 22.2 Å². The second kappa shape index (κ2) is 5.15. The van der Waals surface area contributed by atoms with Crippen molar-refractivity contribution in [1.82, 2.24) is 9.97 Å². The minimum atomic E-state index is -3.92. The van der Waals surface area contributed by atoms with E-state index >= 15 is 0 Å². The molecule has 0 saturated heterocycles. The summed E-state index contributed by atoms with van der Waals surface area (Å²) in [6.07, 6.45) is 1.51. The van der Waals surface area contributed by atoms with E-state index in [1.54, 1.807) is 24.3 Å². The van der Waals surface area contributed by atoms with E-state index in [9.17, 15) is 13.2 Å². The minimum absolute atomic E-state index is 0.0243. The van der Waals surface area contributed by atoms with Crippen LogP contribution in [0.4, 0.5) is 0 Å². The molecule has 0 radical (unpaired) electrons. The number of rotatable bonds is 3. The van der Waals surface area contributed by atoms with Crippen LogP contribution in [0.5, 0.6) is 0 Å². The van der Waals surface area contributed by atoms with E-state index in [4.69, 9.17) is 5.11 Å². The maximum atomic E-state index is 12.8. The summed E-state index contributed by atoms with van der Waals surface area (Å²) in [5, 5.41) is 9.74. The lowest BCUT2D eigenvalue weighted by Gasteiger charge is -2.04. The molecular weight excluding hydrogens is 324 g/mol. The number of hydrogen-bond acceptors (Lipinski definition) is 6. The van der Waals surface area contributed by atoms with Crippen molar-refractivity contribution in [2.45, 2.75) is 16.2 Å². The number of para-hydroxylation sites is 1. The van der Waals surface area contributed by atoms with Gasteiger partial charge in [0.2, 0.25) is 14.2 Å². The van der Waals surface area contributed by atoms with Crippen molar-refractivity contribution >= 4 is 38.0 Å². The Kier molecular flexibility index (Phi) is 3.42. The lowest BCUT2D eigenvalue weighted by molar-refractivity contribution is 0.0701. The first-order valence-corrected chi connectivity index (χ1v) is 8.51. The van der Waals surface area contributed by atoms with Crippen molar-refractivity contribution in [2.75, 3.05) is 0 Å². The van der Waals surface area contributed by atoms with Crippen molar-refractivity contribution in [3.05, 3.63) is 47.1 Å². The SMILES string of the molecule is Cc1nc(S(=O)(=O)c2cccc3cccnc23)sc1C(=O)O. The Morgan fingerprint density at radius 1 is 1.23 bits per heavy atom. The van der Waals surface area contributed by atoms with Gasteiger partial charge in [-0.1, -0.05) is 29.5 Å². The lowest BCUT2D eigenvalue weighted by atomic mass is 10.2. The van der Waals surface area contributed by atoms with Crippen molar-refractivity contribution in [1.29, 1.82) is 0 Å². The van der Waals surface area contributed by atoms with E-state index < -0.39 is 15.8 Å². The van der Waals surface area contributed by atoms with E-state index in [1.807, 2.05) is 0 Å². The quantitative estimate of drug-likeness (QED) is 0.790. The zero-order valence-corrected chi connectivity index (χ0v) is 13.0. The Morgan fingerprint density at radius 2 is 1.95 bits per heavy atom. The summed E-state index contributed by atoms with van der Waals surface area (Å²) in [5.41, 5.74) is 0.527. The van der Waals surface area contributed by atoms with Gasteiger partial charge >= 0.3 is 5.97 Å². The van der Waals surface area contributed by atoms with Crippen LogP contribution < -0.4 is 0 Å². The van der Waals surface area contributed by atoms with E-state index in [1.165, 1.54) is 19.2 Å². The fraction of sp³-hybridized carbons (Fsp3) is 0.0714. The number of pyridine rings is 1. The molecule has 0 aliphatic heterocycles. The van der Waals surface area contributed by atoms with Crippen LogP contribution in [-0.4, -0.2) is 29.5 Å². The molecule has 0 aliphatic rings. The van der Waals surface area contributed by atoms with Crippen LogP contribution in [0.25, 0.3) is 10.9 Å². The third kappa shape index (κ3) is 2.26. The number of sulfone groups is 1. The first-order valence-electron chi connectivity index (χ1n) is 6.21. The number of nitrogens with zero attached hydrogens (tertiary/aromatic N) is 2. The number of aromatic carboxylic acids is 1. The van der Waals surface area contributed by atoms with Crippen LogP contribution in [0, 0.1) is 6.92 Å². The number of thiazole rings is 1. The topological polar surface area (TPSA) is 97.2 Å². The van der Waals surface area contributed by atoms with E-state index in [2.05, 4.69) is 9.97 Å². The summed E-state index contributed by atoms with van der Waals surface area (Å²) < 4.78 is 25.3. The summed E-state index contributed by atoms with van der Waals surface area (Å²) in [7, 11) is -3.92. The molecule has 22 heavy (non-hydrogen) atoms. The Morgan fingerprint density at radius 3 is 2.64 bits per heavy atom. The van der Waals surface area contributed by atoms with Crippen LogP contribution in [0.2, 0.25) is 0 Å². The first kappa shape index (κ1) is 14.6. The number of fused-ring (bicyclic) bond motifs is 1. The normalized spacial score (nSPS) is 11.7. The standard InChI is InChI=1S/C14H10N2O4S2/c1-8-12(13(17)18)21-14(16-8)22(19,20)10-6-2-4-9-5-3-7-15-11(9)10/h2-7H,1H3,(H,17,18). The van der Waals surface area contributed by atoms with E-state index in [0.717, 1.165) is 0 Å². The second-order valence-electron chi connectivity index (χ2n) is 4.53. The molecule has 1 N–H and O–H groups in total. The van der Waals surface area contributed by atoms with Crippen LogP contribution >= 0.6 is 11.3 Å². The molecule has 0 unspecified atom stereocenters. The molecule has 2 aromatic heterocycles. The Hall–Kier alpha value is -2.32. The molecular formula is C14H10N2O4S2. The summed E-state index contributed by atoms with van der Waals surface area (Å²) in [6.45, 7) is 1.47. The summed E-state index contributed by atoms with van der Waals surface area (Å²) in [6, 6.07) is 8.31. The molecule has 3 aromatic rings. The Balaban J connectivity index is 2.25. The molecule has 0 spiro atoms. The molecule has 0 fully saturated rings. The second-order valence-corrected chi connectivity index (χ2v) is 7.63. The van der Waals surface area contributed by atoms with Gasteiger partial charge in [0.05, 0.1) is 11.2 Å². The molecule has 2 heterocycles. The average Bonchev–Trinajstić information content (AvgIpc) is 2.89. The van der Waals surface area contributed by atoms with Crippen molar-refractivity contribution in [3.63, 3.8) is 0 Å². The fourth-order valence-electron chi connectivity index (χ4n) is 2.07. The van der Waals surface area contributed by atoms with Gasteiger partial charge in [-0.05, 0) is 19.1 Å². The first-order chi connectivity index (χ1) is 10.4. The van der Waals surface area contributed by atoms with Gasteiger partial charge in [-0.25, -0.2) is 18.2 Å². The van der Waals surface area contributed by atoms with Gasteiger partial charge in [0.25, 0.3) is 0 Å². The molecule has 0 amide bonds. The van der Waals surface area contributed by atoms with Crippen LogP contribution in [0.15, 0.2) is 45.8 Å².